The Labute approximate surface area is 114 Å². The highest BCUT2D eigenvalue weighted by molar-refractivity contribution is 7.08. The van der Waals surface area contributed by atoms with Gasteiger partial charge < -0.3 is 15.6 Å². The van der Waals surface area contributed by atoms with Crippen LogP contribution in [0.5, 0.6) is 11.5 Å². The molecule has 0 amide bonds. The summed E-state index contributed by atoms with van der Waals surface area (Å²) in [6.45, 7) is 0. The van der Waals surface area contributed by atoms with E-state index >= 15 is 0 Å². The van der Waals surface area contributed by atoms with Gasteiger partial charge >= 0.3 is 0 Å². The second-order valence-corrected chi connectivity index (χ2v) is 4.98. The zero-order valence-electron chi connectivity index (χ0n) is 9.83. The van der Waals surface area contributed by atoms with Crippen molar-refractivity contribution in [2.45, 2.75) is 5.92 Å². The Kier molecular flexibility index (Phi) is 2.65. The maximum Gasteiger partial charge on any atom is 0.205 e. The van der Waals surface area contributed by atoms with Crippen molar-refractivity contribution in [2.24, 2.45) is 5.73 Å². The van der Waals surface area contributed by atoms with Crippen molar-refractivity contribution in [3.63, 3.8) is 0 Å². The van der Waals surface area contributed by atoms with E-state index in [1.807, 2.05) is 16.8 Å². The van der Waals surface area contributed by atoms with E-state index in [0.29, 0.717) is 11.3 Å². The van der Waals surface area contributed by atoms with Crippen molar-refractivity contribution >= 4 is 11.3 Å². The molecule has 0 saturated carbocycles. The molecule has 19 heavy (non-hydrogen) atoms. The summed E-state index contributed by atoms with van der Waals surface area (Å²) >= 11 is 1.56. The number of nitrogens with two attached hydrogens (primary N) is 1. The maximum atomic E-state index is 9.51. The second-order valence-electron chi connectivity index (χ2n) is 4.20. The van der Waals surface area contributed by atoms with Gasteiger partial charge in [0, 0.05) is 11.6 Å². The number of phenolic OH excluding ortho intramolecular Hbond substituents is 1. The SMILES string of the molecule is N#CC1=C(N)Oc2cc(O)ccc2[C@H]1c1ccsc1. The van der Waals surface area contributed by atoms with Crippen LogP contribution < -0.4 is 10.5 Å². The minimum atomic E-state index is -0.236. The van der Waals surface area contributed by atoms with Crippen LogP contribution in [0.4, 0.5) is 0 Å². The monoisotopic (exact) mass is 270 g/mol. The summed E-state index contributed by atoms with van der Waals surface area (Å²) in [5, 5.41) is 22.7. The molecular formula is C14H10N2O2S. The van der Waals surface area contributed by atoms with E-state index in [9.17, 15) is 10.4 Å². The van der Waals surface area contributed by atoms with Gasteiger partial charge in [0.05, 0.1) is 5.92 Å². The molecule has 2 heterocycles. The third-order valence-corrected chi connectivity index (χ3v) is 3.78. The fourth-order valence-corrected chi connectivity index (χ4v) is 2.91. The number of nitriles is 1. The number of nitrogens with zero attached hydrogens (tertiary/aromatic N) is 1. The molecule has 1 aromatic heterocycles. The van der Waals surface area contributed by atoms with Crippen LogP contribution in [0, 0.1) is 11.3 Å². The van der Waals surface area contributed by atoms with Gasteiger partial charge in [-0.15, -0.1) is 0 Å². The first-order valence-electron chi connectivity index (χ1n) is 5.63. The number of rotatable bonds is 1. The van der Waals surface area contributed by atoms with Gasteiger partial charge in [-0.05, 0) is 28.5 Å². The topological polar surface area (TPSA) is 79.3 Å². The average molecular weight is 270 g/mol. The zero-order valence-corrected chi connectivity index (χ0v) is 10.6. The zero-order chi connectivity index (χ0) is 13.4. The number of thiophene rings is 1. The van der Waals surface area contributed by atoms with E-state index in [2.05, 4.69) is 6.07 Å². The van der Waals surface area contributed by atoms with E-state index < -0.39 is 0 Å². The van der Waals surface area contributed by atoms with Gasteiger partial charge in [-0.2, -0.15) is 16.6 Å². The third kappa shape index (κ3) is 1.83. The predicted octanol–water partition coefficient (Wildman–Crippen LogP) is 2.67. The molecule has 3 N–H and O–H groups in total. The second kappa shape index (κ2) is 4.34. The Hall–Kier alpha value is -2.45. The number of fused-ring (bicyclic) bond motifs is 1. The quantitative estimate of drug-likeness (QED) is 0.835. The predicted molar refractivity (Wildman–Crippen MR) is 71.7 cm³/mol. The number of phenols is 1. The lowest BCUT2D eigenvalue weighted by atomic mass is 9.85. The molecule has 1 aliphatic heterocycles. The molecule has 2 aromatic rings. The van der Waals surface area contributed by atoms with E-state index in [0.717, 1.165) is 11.1 Å². The van der Waals surface area contributed by atoms with Gasteiger partial charge in [0.25, 0.3) is 0 Å². The molecule has 0 spiro atoms. The van der Waals surface area contributed by atoms with E-state index in [4.69, 9.17) is 10.5 Å². The summed E-state index contributed by atoms with van der Waals surface area (Å²) in [5.74, 6) is 0.459. The summed E-state index contributed by atoms with van der Waals surface area (Å²) in [7, 11) is 0. The lowest BCUT2D eigenvalue weighted by Gasteiger charge is -2.25. The van der Waals surface area contributed by atoms with Gasteiger partial charge in [-0.25, -0.2) is 0 Å². The molecular weight excluding hydrogens is 260 g/mol. The lowest BCUT2D eigenvalue weighted by molar-refractivity contribution is 0.388. The van der Waals surface area contributed by atoms with Crippen molar-refractivity contribution in [3.8, 4) is 17.6 Å². The summed E-state index contributed by atoms with van der Waals surface area (Å²) < 4.78 is 5.42. The minimum Gasteiger partial charge on any atom is -0.508 e. The first-order valence-corrected chi connectivity index (χ1v) is 6.57. The molecule has 0 bridgehead atoms. The summed E-state index contributed by atoms with van der Waals surface area (Å²) in [5.41, 5.74) is 8.04. The molecule has 4 nitrogen and oxygen atoms in total. The summed E-state index contributed by atoms with van der Waals surface area (Å²) in [6, 6.07) is 8.93. The Morgan fingerprint density at radius 2 is 2.21 bits per heavy atom. The van der Waals surface area contributed by atoms with E-state index in [-0.39, 0.29) is 17.6 Å². The van der Waals surface area contributed by atoms with Crippen molar-refractivity contribution in [1.82, 2.24) is 0 Å². The van der Waals surface area contributed by atoms with Gasteiger partial charge in [-0.1, -0.05) is 6.07 Å². The highest BCUT2D eigenvalue weighted by Gasteiger charge is 2.30. The van der Waals surface area contributed by atoms with Gasteiger partial charge in [0.15, 0.2) is 0 Å². The van der Waals surface area contributed by atoms with Gasteiger partial charge in [0.2, 0.25) is 5.88 Å². The summed E-state index contributed by atoms with van der Waals surface area (Å²) in [4.78, 5) is 0. The van der Waals surface area contributed by atoms with Crippen LogP contribution >= 0.6 is 11.3 Å². The van der Waals surface area contributed by atoms with Crippen LogP contribution in [0.1, 0.15) is 17.0 Å². The Bertz CT molecular complexity index is 699. The average Bonchev–Trinajstić information content (AvgIpc) is 2.90. The molecule has 0 radical (unpaired) electrons. The molecule has 0 saturated heterocycles. The van der Waals surface area contributed by atoms with Crippen LogP contribution in [0.15, 0.2) is 46.5 Å². The number of aromatic hydroxyl groups is 1. The van der Waals surface area contributed by atoms with Crippen LogP contribution in [0.25, 0.3) is 0 Å². The molecule has 5 heteroatoms. The van der Waals surface area contributed by atoms with Crippen LogP contribution in [0.2, 0.25) is 0 Å². The Balaban J connectivity index is 2.23. The fraction of sp³-hybridized carbons (Fsp3) is 0.0714. The maximum absolute atomic E-state index is 9.51. The Morgan fingerprint density at radius 1 is 1.37 bits per heavy atom. The number of benzene rings is 1. The smallest absolute Gasteiger partial charge is 0.205 e. The van der Waals surface area contributed by atoms with E-state index in [1.165, 1.54) is 6.07 Å². The van der Waals surface area contributed by atoms with Crippen molar-refractivity contribution in [1.29, 1.82) is 5.26 Å². The number of ether oxygens (including phenoxy) is 1. The normalized spacial score (nSPS) is 17.5. The standard InChI is InChI=1S/C14H10N2O2S/c15-6-11-13(8-3-4-19-7-8)10-2-1-9(17)5-12(10)18-14(11)16/h1-5,7,13,17H,16H2/t13-/m1/s1. The molecule has 0 unspecified atom stereocenters. The van der Waals surface area contributed by atoms with Crippen LogP contribution in [0.3, 0.4) is 0 Å². The van der Waals surface area contributed by atoms with Crippen molar-refractivity contribution < 1.29 is 9.84 Å². The molecule has 1 atom stereocenters. The fourth-order valence-electron chi connectivity index (χ4n) is 2.23. The number of hydrogen-bond donors (Lipinski definition) is 2. The molecule has 0 fully saturated rings. The van der Waals surface area contributed by atoms with Gasteiger partial charge in [0.1, 0.15) is 23.1 Å². The molecule has 0 aliphatic carbocycles. The lowest BCUT2D eigenvalue weighted by Crippen LogP contribution is -2.20. The van der Waals surface area contributed by atoms with Gasteiger partial charge in [-0.3, -0.25) is 0 Å². The molecule has 3 rings (SSSR count). The minimum absolute atomic E-state index is 0.0943. The first-order chi connectivity index (χ1) is 9.20. The molecule has 94 valence electrons. The Morgan fingerprint density at radius 3 is 2.89 bits per heavy atom. The number of allylic oxidation sites excluding steroid dienone is 1. The van der Waals surface area contributed by atoms with Crippen LogP contribution in [-0.2, 0) is 0 Å². The highest BCUT2D eigenvalue weighted by Crippen LogP contribution is 2.43. The first kappa shape index (κ1) is 11.6. The van der Waals surface area contributed by atoms with Crippen LogP contribution in [-0.4, -0.2) is 5.11 Å². The summed E-state index contributed by atoms with van der Waals surface area (Å²) in [6.07, 6.45) is 0. The highest BCUT2D eigenvalue weighted by atomic mass is 32.1. The van der Waals surface area contributed by atoms with Crippen molar-refractivity contribution in [2.75, 3.05) is 0 Å². The third-order valence-electron chi connectivity index (χ3n) is 3.08. The van der Waals surface area contributed by atoms with Crippen molar-refractivity contribution in [3.05, 3.63) is 57.6 Å². The molecule has 1 aromatic carbocycles. The largest absolute Gasteiger partial charge is 0.508 e. The van der Waals surface area contributed by atoms with E-state index in [1.54, 1.807) is 23.5 Å². The molecule has 1 aliphatic rings. The number of hydrogen-bond acceptors (Lipinski definition) is 5.